The lowest BCUT2D eigenvalue weighted by Crippen LogP contribution is -1.99. The molecule has 0 aromatic heterocycles. The Morgan fingerprint density at radius 1 is 1.05 bits per heavy atom. The number of phenols is 1. The van der Waals surface area contributed by atoms with Gasteiger partial charge in [-0.25, -0.2) is 0 Å². The van der Waals surface area contributed by atoms with Gasteiger partial charge in [-0.1, -0.05) is 43.1 Å². The van der Waals surface area contributed by atoms with Crippen molar-refractivity contribution >= 4 is 17.3 Å². The average Bonchev–Trinajstić information content (AvgIpc) is 2.47. The van der Waals surface area contributed by atoms with Crippen molar-refractivity contribution in [1.82, 2.24) is 0 Å². The average molecular weight is 290 g/mol. The molecule has 2 N–H and O–H groups in total. The van der Waals surface area contributed by atoms with Crippen LogP contribution >= 0.6 is 11.6 Å². The Kier molecular flexibility index (Phi) is 5.31. The first-order valence-corrected chi connectivity index (χ1v) is 7.37. The highest BCUT2D eigenvalue weighted by Gasteiger charge is 2.00. The van der Waals surface area contributed by atoms with Crippen molar-refractivity contribution in [3.63, 3.8) is 0 Å². The Labute approximate surface area is 125 Å². The molecule has 0 fully saturated rings. The monoisotopic (exact) mass is 289 g/mol. The lowest BCUT2D eigenvalue weighted by Gasteiger charge is -2.08. The lowest BCUT2D eigenvalue weighted by molar-refractivity contribution is 0.475. The number of aryl methyl sites for hydroxylation is 1. The summed E-state index contributed by atoms with van der Waals surface area (Å²) in [6, 6.07) is 13.8. The molecule has 0 atom stereocenters. The Hall–Kier alpha value is -1.67. The third-order valence-corrected chi connectivity index (χ3v) is 3.58. The molecule has 0 unspecified atom stereocenters. The molecular formula is C17H20ClNO. The fourth-order valence-electron chi connectivity index (χ4n) is 2.03. The molecule has 3 heteroatoms. The maximum Gasteiger partial charge on any atom is 0.134 e. The zero-order valence-electron chi connectivity index (χ0n) is 11.7. The molecule has 0 amide bonds. The number of anilines is 1. The van der Waals surface area contributed by atoms with E-state index >= 15 is 0 Å². The third-order valence-electron chi connectivity index (χ3n) is 3.28. The van der Waals surface area contributed by atoms with Crippen LogP contribution in [0, 0.1) is 0 Å². The number of benzene rings is 2. The standard InChI is InChI=1S/C17H20ClNO/c1-2-3-4-13-5-8-15(9-6-13)19-12-14-7-10-17(20)16(18)11-14/h5-11,19-20H,2-4,12H2,1H3. The number of hydrogen-bond donors (Lipinski definition) is 2. The van der Waals surface area contributed by atoms with Crippen LogP contribution in [0.4, 0.5) is 5.69 Å². The van der Waals surface area contributed by atoms with Gasteiger partial charge in [-0.05, 0) is 48.2 Å². The van der Waals surface area contributed by atoms with E-state index in [0.29, 0.717) is 11.6 Å². The van der Waals surface area contributed by atoms with Crippen molar-refractivity contribution in [3.05, 3.63) is 58.6 Å². The van der Waals surface area contributed by atoms with Crippen LogP contribution in [0.5, 0.6) is 5.75 Å². The van der Waals surface area contributed by atoms with E-state index in [4.69, 9.17) is 11.6 Å². The van der Waals surface area contributed by atoms with Crippen LogP contribution in [0.1, 0.15) is 30.9 Å². The van der Waals surface area contributed by atoms with Crippen LogP contribution < -0.4 is 5.32 Å². The van der Waals surface area contributed by atoms with Crippen molar-refractivity contribution in [1.29, 1.82) is 0 Å². The smallest absolute Gasteiger partial charge is 0.134 e. The molecule has 0 aliphatic rings. The Balaban J connectivity index is 1.91. The van der Waals surface area contributed by atoms with E-state index in [1.54, 1.807) is 12.1 Å². The first kappa shape index (κ1) is 14.7. The van der Waals surface area contributed by atoms with Gasteiger partial charge in [0, 0.05) is 12.2 Å². The summed E-state index contributed by atoms with van der Waals surface area (Å²) in [4.78, 5) is 0. The molecule has 2 rings (SSSR count). The summed E-state index contributed by atoms with van der Waals surface area (Å²) in [7, 11) is 0. The molecule has 2 aromatic carbocycles. The van der Waals surface area contributed by atoms with E-state index in [2.05, 4.69) is 36.5 Å². The largest absolute Gasteiger partial charge is 0.506 e. The Bertz CT molecular complexity index is 551. The molecular weight excluding hydrogens is 270 g/mol. The van der Waals surface area contributed by atoms with Crippen LogP contribution in [0.25, 0.3) is 0 Å². The van der Waals surface area contributed by atoms with E-state index in [1.807, 2.05) is 6.07 Å². The fraction of sp³-hybridized carbons (Fsp3) is 0.294. The molecule has 0 saturated heterocycles. The summed E-state index contributed by atoms with van der Waals surface area (Å²) in [5.74, 6) is 0.121. The SMILES string of the molecule is CCCCc1ccc(NCc2ccc(O)c(Cl)c2)cc1. The second kappa shape index (κ2) is 7.20. The van der Waals surface area contributed by atoms with Crippen molar-refractivity contribution in [2.45, 2.75) is 32.7 Å². The first-order chi connectivity index (χ1) is 9.69. The molecule has 20 heavy (non-hydrogen) atoms. The number of halogens is 1. The maximum absolute atomic E-state index is 9.38. The molecule has 0 spiro atoms. The summed E-state index contributed by atoms with van der Waals surface area (Å²) in [5, 5.41) is 13.1. The minimum atomic E-state index is 0.121. The predicted molar refractivity (Wildman–Crippen MR) is 85.5 cm³/mol. The second-order valence-corrected chi connectivity index (χ2v) is 5.35. The van der Waals surface area contributed by atoms with Crippen LogP contribution in [0.3, 0.4) is 0 Å². The van der Waals surface area contributed by atoms with E-state index in [1.165, 1.54) is 18.4 Å². The van der Waals surface area contributed by atoms with E-state index in [-0.39, 0.29) is 5.75 Å². The molecule has 0 aliphatic carbocycles. The number of nitrogens with one attached hydrogen (secondary N) is 1. The van der Waals surface area contributed by atoms with Crippen molar-refractivity contribution < 1.29 is 5.11 Å². The van der Waals surface area contributed by atoms with Gasteiger partial charge in [0.15, 0.2) is 0 Å². The van der Waals surface area contributed by atoms with Gasteiger partial charge in [-0.3, -0.25) is 0 Å². The highest BCUT2D eigenvalue weighted by molar-refractivity contribution is 6.32. The lowest BCUT2D eigenvalue weighted by atomic mass is 10.1. The van der Waals surface area contributed by atoms with Crippen molar-refractivity contribution in [2.75, 3.05) is 5.32 Å². The molecule has 0 aliphatic heterocycles. The van der Waals surface area contributed by atoms with E-state index in [0.717, 1.165) is 17.7 Å². The van der Waals surface area contributed by atoms with Gasteiger partial charge in [-0.2, -0.15) is 0 Å². The quantitative estimate of drug-likeness (QED) is 0.784. The summed E-state index contributed by atoms with van der Waals surface area (Å²) >= 11 is 5.89. The minimum absolute atomic E-state index is 0.121. The van der Waals surface area contributed by atoms with Crippen LogP contribution in [0.15, 0.2) is 42.5 Å². The minimum Gasteiger partial charge on any atom is -0.506 e. The fourth-order valence-corrected chi connectivity index (χ4v) is 2.24. The number of aromatic hydroxyl groups is 1. The molecule has 2 nitrogen and oxygen atoms in total. The van der Waals surface area contributed by atoms with Crippen LogP contribution in [-0.4, -0.2) is 5.11 Å². The summed E-state index contributed by atoms with van der Waals surface area (Å²) in [6.45, 7) is 2.90. The van der Waals surface area contributed by atoms with Gasteiger partial charge in [0.2, 0.25) is 0 Å². The summed E-state index contributed by atoms with van der Waals surface area (Å²) < 4.78 is 0. The first-order valence-electron chi connectivity index (χ1n) is 6.99. The van der Waals surface area contributed by atoms with E-state index in [9.17, 15) is 5.11 Å². The highest BCUT2D eigenvalue weighted by Crippen LogP contribution is 2.24. The number of rotatable bonds is 6. The molecule has 0 bridgehead atoms. The molecule has 0 heterocycles. The van der Waals surface area contributed by atoms with Crippen LogP contribution in [-0.2, 0) is 13.0 Å². The maximum atomic E-state index is 9.38. The molecule has 0 saturated carbocycles. The Morgan fingerprint density at radius 2 is 1.75 bits per heavy atom. The van der Waals surface area contributed by atoms with Crippen molar-refractivity contribution in [3.8, 4) is 5.75 Å². The predicted octanol–water partition coefficient (Wildman–Crippen LogP) is 5.00. The van der Waals surface area contributed by atoms with Gasteiger partial charge in [0.05, 0.1) is 5.02 Å². The van der Waals surface area contributed by atoms with Gasteiger partial charge >= 0.3 is 0 Å². The van der Waals surface area contributed by atoms with Gasteiger partial charge in [0.25, 0.3) is 0 Å². The van der Waals surface area contributed by atoms with Gasteiger partial charge in [-0.15, -0.1) is 0 Å². The zero-order valence-corrected chi connectivity index (χ0v) is 12.5. The number of phenolic OH excluding ortho intramolecular Hbond substituents is 1. The summed E-state index contributed by atoms with van der Waals surface area (Å²) in [5.41, 5.74) is 3.52. The topological polar surface area (TPSA) is 32.3 Å². The van der Waals surface area contributed by atoms with Gasteiger partial charge < -0.3 is 10.4 Å². The van der Waals surface area contributed by atoms with Gasteiger partial charge in [0.1, 0.15) is 5.75 Å². The zero-order chi connectivity index (χ0) is 14.4. The van der Waals surface area contributed by atoms with Crippen LogP contribution in [0.2, 0.25) is 5.02 Å². The highest BCUT2D eigenvalue weighted by atomic mass is 35.5. The normalized spacial score (nSPS) is 10.5. The third kappa shape index (κ3) is 4.17. The van der Waals surface area contributed by atoms with Crippen molar-refractivity contribution in [2.24, 2.45) is 0 Å². The molecule has 0 radical (unpaired) electrons. The Morgan fingerprint density at radius 3 is 2.40 bits per heavy atom. The molecule has 106 valence electrons. The number of unbranched alkanes of at least 4 members (excludes halogenated alkanes) is 1. The second-order valence-electron chi connectivity index (χ2n) is 4.94. The van der Waals surface area contributed by atoms with E-state index < -0.39 is 0 Å². The molecule has 2 aromatic rings. The number of hydrogen-bond acceptors (Lipinski definition) is 2. The summed E-state index contributed by atoms with van der Waals surface area (Å²) in [6.07, 6.45) is 3.60.